The zero-order valence-electron chi connectivity index (χ0n) is 7.36. The molecule has 1 aromatic rings. The van der Waals surface area contributed by atoms with E-state index in [9.17, 15) is 9.59 Å². The summed E-state index contributed by atoms with van der Waals surface area (Å²) in [6.07, 6.45) is 0. The zero-order valence-corrected chi connectivity index (χ0v) is 7.36. The van der Waals surface area contributed by atoms with Crippen molar-refractivity contribution in [3.05, 3.63) is 24.3 Å². The molecule has 1 aliphatic rings. The lowest BCUT2D eigenvalue weighted by Crippen LogP contribution is -2.30. The van der Waals surface area contributed by atoms with Crippen LogP contribution in [0.2, 0.25) is 0 Å². The van der Waals surface area contributed by atoms with Gasteiger partial charge in [0.15, 0.2) is 0 Å². The van der Waals surface area contributed by atoms with Crippen molar-refractivity contribution in [2.75, 3.05) is 17.2 Å². The fourth-order valence-corrected chi connectivity index (χ4v) is 1.31. The molecule has 1 saturated heterocycles. The Morgan fingerprint density at radius 2 is 1.86 bits per heavy atom. The molecule has 72 valence electrons. The highest BCUT2D eigenvalue weighted by Crippen LogP contribution is 2.18. The van der Waals surface area contributed by atoms with Crippen LogP contribution in [0.25, 0.3) is 0 Å². The number of amides is 3. The maximum absolute atomic E-state index is 11.3. The van der Waals surface area contributed by atoms with Crippen LogP contribution in [0.4, 0.5) is 16.2 Å². The third kappa shape index (κ3) is 1.28. The normalized spacial score (nSPS) is 15.9. The van der Waals surface area contributed by atoms with Crippen LogP contribution in [0.5, 0.6) is 0 Å². The lowest BCUT2D eigenvalue weighted by molar-refractivity contribution is -0.115. The lowest BCUT2D eigenvalue weighted by atomic mass is 10.2. The molecule has 0 radical (unpaired) electrons. The summed E-state index contributed by atoms with van der Waals surface area (Å²) in [4.78, 5) is 23.6. The van der Waals surface area contributed by atoms with Crippen LogP contribution in [0, 0.1) is 0 Å². The van der Waals surface area contributed by atoms with Gasteiger partial charge in [0.25, 0.3) is 5.91 Å². The number of carbonyl (C=O) groups is 2. The van der Waals surface area contributed by atoms with Crippen LogP contribution in [0.3, 0.4) is 0 Å². The van der Waals surface area contributed by atoms with Gasteiger partial charge in [0.2, 0.25) is 0 Å². The quantitative estimate of drug-likeness (QED) is 0.496. The van der Waals surface area contributed by atoms with Crippen molar-refractivity contribution in [2.45, 2.75) is 0 Å². The lowest BCUT2D eigenvalue weighted by Gasteiger charge is -2.11. The summed E-state index contributed by atoms with van der Waals surface area (Å²) in [7, 11) is 0. The summed E-state index contributed by atoms with van der Waals surface area (Å²) in [5, 5.41) is 2.44. The number of nitrogens with zero attached hydrogens (tertiary/aromatic N) is 1. The van der Waals surface area contributed by atoms with E-state index >= 15 is 0 Å². The minimum absolute atomic E-state index is 0.0587. The van der Waals surface area contributed by atoms with E-state index in [1.165, 1.54) is 0 Å². The van der Waals surface area contributed by atoms with E-state index in [0.29, 0.717) is 11.4 Å². The highest BCUT2D eigenvalue weighted by Gasteiger charge is 2.29. The molecule has 2 rings (SSSR count). The first kappa shape index (κ1) is 8.55. The zero-order chi connectivity index (χ0) is 10.1. The van der Waals surface area contributed by atoms with Crippen LogP contribution in [0.15, 0.2) is 24.3 Å². The average molecular weight is 191 g/mol. The minimum atomic E-state index is -0.389. The molecule has 1 heterocycles. The van der Waals surface area contributed by atoms with E-state index in [-0.39, 0.29) is 18.5 Å². The van der Waals surface area contributed by atoms with E-state index in [1.54, 1.807) is 24.3 Å². The third-order valence-corrected chi connectivity index (χ3v) is 1.99. The largest absolute Gasteiger partial charge is 0.399 e. The molecule has 0 bridgehead atoms. The summed E-state index contributed by atoms with van der Waals surface area (Å²) in [5.41, 5.74) is 6.63. The number of rotatable bonds is 1. The van der Waals surface area contributed by atoms with Gasteiger partial charge >= 0.3 is 6.03 Å². The van der Waals surface area contributed by atoms with Gasteiger partial charge in [-0.05, 0) is 24.3 Å². The molecule has 0 atom stereocenters. The molecule has 3 amide bonds. The molecule has 0 unspecified atom stereocenters. The van der Waals surface area contributed by atoms with E-state index in [4.69, 9.17) is 5.73 Å². The van der Waals surface area contributed by atoms with Crippen LogP contribution in [-0.2, 0) is 4.79 Å². The predicted molar refractivity (Wildman–Crippen MR) is 51.7 cm³/mol. The number of nitrogen functional groups attached to an aromatic ring is 1. The Kier molecular flexibility index (Phi) is 1.85. The number of benzene rings is 1. The molecule has 1 fully saturated rings. The van der Waals surface area contributed by atoms with Gasteiger partial charge in [0.1, 0.15) is 0 Å². The number of carbonyl (C=O) groups excluding carboxylic acids is 2. The summed E-state index contributed by atoms with van der Waals surface area (Å²) in [6, 6.07) is 6.18. The van der Waals surface area contributed by atoms with Gasteiger partial charge in [-0.15, -0.1) is 0 Å². The van der Waals surface area contributed by atoms with Crippen molar-refractivity contribution >= 4 is 23.3 Å². The minimum Gasteiger partial charge on any atom is -0.399 e. The van der Waals surface area contributed by atoms with Crippen molar-refractivity contribution in [2.24, 2.45) is 0 Å². The fourth-order valence-electron chi connectivity index (χ4n) is 1.31. The second kappa shape index (κ2) is 3.02. The van der Waals surface area contributed by atoms with Gasteiger partial charge in [-0.25, -0.2) is 9.69 Å². The molecule has 0 aromatic heterocycles. The molecule has 3 N–H and O–H groups in total. The SMILES string of the molecule is Nc1ccc(N2C(=O)CNC2=O)cc1. The number of imide groups is 1. The van der Waals surface area contributed by atoms with E-state index in [2.05, 4.69) is 5.32 Å². The maximum atomic E-state index is 11.3. The van der Waals surface area contributed by atoms with Crippen molar-refractivity contribution in [3.8, 4) is 0 Å². The molecule has 0 spiro atoms. The Bertz CT molecular complexity index is 370. The Balaban J connectivity index is 2.34. The number of urea groups is 1. The Morgan fingerprint density at radius 3 is 2.36 bits per heavy atom. The highest BCUT2D eigenvalue weighted by molar-refractivity contribution is 6.19. The Labute approximate surface area is 80.5 Å². The van der Waals surface area contributed by atoms with Crippen LogP contribution >= 0.6 is 0 Å². The van der Waals surface area contributed by atoms with Crippen molar-refractivity contribution in [1.29, 1.82) is 0 Å². The smallest absolute Gasteiger partial charge is 0.329 e. The molecule has 1 aromatic carbocycles. The van der Waals surface area contributed by atoms with Crippen LogP contribution in [-0.4, -0.2) is 18.5 Å². The Morgan fingerprint density at radius 1 is 1.21 bits per heavy atom. The first-order valence-electron chi connectivity index (χ1n) is 4.15. The molecular formula is C9H9N3O2. The molecular weight excluding hydrogens is 182 g/mol. The average Bonchev–Trinajstić information content (AvgIpc) is 2.49. The van der Waals surface area contributed by atoms with E-state index < -0.39 is 0 Å². The summed E-state index contributed by atoms with van der Waals surface area (Å²) < 4.78 is 0. The predicted octanol–water partition coefficient (Wildman–Crippen LogP) is 0.325. The van der Waals surface area contributed by atoms with Crippen LogP contribution in [0.1, 0.15) is 0 Å². The number of anilines is 2. The van der Waals surface area contributed by atoms with Gasteiger partial charge in [0, 0.05) is 5.69 Å². The first-order valence-corrected chi connectivity index (χ1v) is 4.15. The molecule has 0 aliphatic carbocycles. The monoisotopic (exact) mass is 191 g/mol. The number of hydrogen-bond donors (Lipinski definition) is 2. The van der Waals surface area contributed by atoms with Gasteiger partial charge < -0.3 is 11.1 Å². The van der Waals surface area contributed by atoms with Gasteiger partial charge in [0.05, 0.1) is 12.2 Å². The molecule has 5 heteroatoms. The summed E-state index contributed by atoms with van der Waals surface area (Å²) in [5.74, 6) is -0.250. The molecule has 1 aliphatic heterocycles. The maximum Gasteiger partial charge on any atom is 0.329 e. The van der Waals surface area contributed by atoms with Crippen molar-refractivity contribution < 1.29 is 9.59 Å². The van der Waals surface area contributed by atoms with Gasteiger partial charge in [-0.3, -0.25) is 4.79 Å². The van der Waals surface area contributed by atoms with Crippen molar-refractivity contribution in [3.63, 3.8) is 0 Å². The topological polar surface area (TPSA) is 75.4 Å². The second-order valence-electron chi connectivity index (χ2n) is 2.98. The van der Waals surface area contributed by atoms with E-state index in [0.717, 1.165) is 4.90 Å². The fraction of sp³-hybridized carbons (Fsp3) is 0.111. The third-order valence-electron chi connectivity index (χ3n) is 1.99. The van der Waals surface area contributed by atoms with Gasteiger partial charge in [-0.2, -0.15) is 0 Å². The highest BCUT2D eigenvalue weighted by atomic mass is 16.2. The Hall–Kier alpha value is -2.04. The number of hydrogen-bond acceptors (Lipinski definition) is 3. The summed E-state index contributed by atoms with van der Waals surface area (Å²) >= 11 is 0. The molecule has 5 nitrogen and oxygen atoms in total. The number of nitrogens with one attached hydrogen (secondary N) is 1. The molecule has 0 saturated carbocycles. The van der Waals surface area contributed by atoms with Gasteiger partial charge in [-0.1, -0.05) is 0 Å². The second-order valence-corrected chi connectivity index (χ2v) is 2.98. The first-order chi connectivity index (χ1) is 6.68. The number of nitrogens with two attached hydrogens (primary N) is 1. The summed E-state index contributed by atoms with van der Waals surface area (Å²) in [6.45, 7) is 0.0587. The van der Waals surface area contributed by atoms with Crippen molar-refractivity contribution in [1.82, 2.24) is 5.32 Å². The van der Waals surface area contributed by atoms with Crippen LogP contribution < -0.4 is 16.0 Å². The molecule has 14 heavy (non-hydrogen) atoms. The van der Waals surface area contributed by atoms with E-state index in [1.807, 2.05) is 0 Å². The standard InChI is InChI=1S/C9H9N3O2/c10-6-1-3-7(4-2-6)12-8(13)5-11-9(12)14/h1-4H,5,10H2,(H,11,14).